The smallest absolute Gasteiger partial charge is 0.328 e. The Morgan fingerprint density at radius 1 is 1.67 bits per heavy atom. The SMILES string of the molecule is COCCN(C)CC=CC(=O)O. The fourth-order valence-electron chi connectivity index (χ4n) is 0.672. The molecule has 12 heavy (non-hydrogen) atoms. The van der Waals surface area contributed by atoms with Crippen molar-refractivity contribution in [3.05, 3.63) is 12.2 Å². The molecule has 0 aliphatic rings. The van der Waals surface area contributed by atoms with Gasteiger partial charge in [-0.2, -0.15) is 0 Å². The van der Waals surface area contributed by atoms with Crippen molar-refractivity contribution in [1.82, 2.24) is 4.90 Å². The first kappa shape index (κ1) is 11.1. The van der Waals surface area contributed by atoms with Crippen LogP contribution in [0, 0.1) is 0 Å². The minimum atomic E-state index is -0.907. The molecule has 70 valence electrons. The lowest BCUT2D eigenvalue weighted by Gasteiger charge is -2.12. The average molecular weight is 173 g/mol. The summed E-state index contributed by atoms with van der Waals surface area (Å²) in [5.74, 6) is -0.907. The van der Waals surface area contributed by atoms with Gasteiger partial charge in [-0.1, -0.05) is 6.08 Å². The summed E-state index contributed by atoms with van der Waals surface area (Å²) in [6.45, 7) is 2.10. The van der Waals surface area contributed by atoms with E-state index in [1.807, 2.05) is 11.9 Å². The normalized spacial score (nSPS) is 11.2. The molecule has 0 radical (unpaired) electrons. The van der Waals surface area contributed by atoms with Crippen molar-refractivity contribution in [1.29, 1.82) is 0 Å². The quantitative estimate of drug-likeness (QED) is 0.583. The minimum absolute atomic E-state index is 0.635. The Hall–Kier alpha value is -0.870. The molecule has 0 aromatic heterocycles. The lowest BCUT2D eigenvalue weighted by atomic mass is 10.4. The summed E-state index contributed by atoms with van der Waals surface area (Å²) in [6, 6.07) is 0. The van der Waals surface area contributed by atoms with Crippen LogP contribution in [0.3, 0.4) is 0 Å². The summed E-state index contributed by atoms with van der Waals surface area (Å²) in [4.78, 5) is 12.0. The Morgan fingerprint density at radius 3 is 2.83 bits per heavy atom. The lowest BCUT2D eigenvalue weighted by molar-refractivity contribution is -0.131. The van der Waals surface area contributed by atoms with Gasteiger partial charge in [0.25, 0.3) is 0 Å². The fraction of sp³-hybridized carbons (Fsp3) is 0.625. The molecule has 0 heterocycles. The van der Waals surface area contributed by atoms with E-state index >= 15 is 0 Å². The topological polar surface area (TPSA) is 49.8 Å². The van der Waals surface area contributed by atoms with Crippen LogP contribution in [0.4, 0.5) is 0 Å². The van der Waals surface area contributed by atoms with E-state index in [-0.39, 0.29) is 0 Å². The molecule has 0 saturated carbocycles. The highest BCUT2D eigenvalue weighted by molar-refractivity contribution is 5.79. The Labute approximate surface area is 72.4 Å². The molecule has 0 rings (SSSR count). The monoisotopic (exact) mass is 173 g/mol. The highest BCUT2D eigenvalue weighted by atomic mass is 16.5. The van der Waals surface area contributed by atoms with Crippen LogP contribution >= 0.6 is 0 Å². The second kappa shape index (κ2) is 6.82. The number of hydrogen-bond acceptors (Lipinski definition) is 3. The molecule has 0 aliphatic carbocycles. The molecule has 0 aromatic carbocycles. The maximum Gasteiger partial charge on any atom is 0.328 e. The summed E-state index contributed by atoms with van der Waals surface area (Å²) in [7, 11) is 3.55. The third kappa shape index (κ3) is 7.24. The van der Waals surface area contributed by atoms with Crippen molar-refractivity contribution in [2.45, 2.75) is 0 Å². The van der Waals surface area contributed by atoms with Gasteiger partial charge >= 0.3 is 5.97 Å². The van der Waals surface area contributed by atoms with E-state index in [4.69, 9.17) is 9.84 Å². The number of ether oxygens (including phenoxy) is 1. The highest BCUT2D eigenvalue weighted by Gasteiger charge is 1.93. The number of carboxylic acid groups (broad SMARTS) is 1. The first-order chi connectivity index (χ1) is 5.66. The predicted octanol–water partition coefficient (Wildman–Crippen LogP) is 0.205. The van der Waals surface area contributed by atoms with Crippen LogP contribution in [0.5, 0.6) is 0 Å². The van der Waals surface area contributed by atoms with E-state index in [0.29, 0.717) is 13.2 Å². The second-order valence-electron chi connectivity index (χ2n) is 2.50. The zero-order chi connectivity index (χ0) is 9.40. The van der Waals surface area contributed by atoms with Crippen LogP contribution in [-0.2, 0) is 9.53 Å². The first-order valence-electron chi connectivity index (χ1n) is 3.73. The van der Waals surface area contributed by atoms with Crippen molar-refractivity contribution < 1.29 is 14.6 Å². The van der Waals surface area contributed by atoms with Gasteiger partial charge in [0.15, 0.2) is 0 Å². The number of rotatable bonds is 6. The molecule has 0 saturated heterocycles. The third-order valence-corrected chi connectivity index (χ3v) is 1.35. The average Bonchev–Trinajstić information content (AvgIpc) is 2.00. The largest absolute Gasteiger partial charge is 0.478 e. The van der Waals surface area contributed by atoms with Gasteiger partial charge in [-0.3, -0.25) is 0 Å². The van der Waals surface area contributed by atoms with Crippen molar-refractivity contribution in [3.63, 3.8) is 0 Å². The van der Waals surface area contributed by atoms with Gasteiger partial charge in [0, 0.05) is 26.3 Å². The number of hydrogen-bond donors (Lipinski definition) is 1. The number of methoxy groups -OCH3 is 1. The Morgan fingerprint density at radius 2 is 2.33 bits per heavy atom. The van der Waals surface area contributed by atoms with Crippen molar-refractivity contribution in [2.24, 2.45) is 0 Å². The summed E-state index contributed by atoms with van der Waals surface area (Å²) in [6.07, 6.45) is 2.75. The predicted molar refractivity (Wildman–Crippen MR) is 46.1 cm³/mol. The molecular weight excluding hydrogens is 158 g/mol. The maximum absolute atomic E-state index is 10.1. The maximum atomic E-state index is 10.1. The summed E-state index contributed by atoms with van der Waals surface area (Å²) >= 11 is 0. The number of carbonyl (C=O) groups is 1. The molecule has 0 amide bonds. The number of nitrogens with zero attached hydrogens (tertiary/aromatic N) is 1. The summed E-state index contributed by atoms with van der Waals surface area (Å²) in [5, 5.41) is 8.27. The fourth-order valence-corrected chi connectivity index (χ4v) is 0.672. The molecule has 0 aliphatic heterocycles. The highest BCUT2D eigenvalue weighted by Crippen LogP contribution is 1.83. The van der Waals surface area contributed by atoms with Gasteiger partial charge in [-0.25, -0.2) is 4.79 Å². The molecule has 0 aromatic rings. The van der Waals surface area contributed by atoms with Crippen molar-refractivity contribution in [3.8, 4) is 0 Å². The zero-order valence-electron chi connectivity index (χ0n) is 7.49. The Kier molecular flexibility index (Phi) is 6.32. The van der Waals surface area contributed by atoms with Gasteiger partial charge in [0.05, 0.1) is 6.61 Å². The molecule has 0 spiro atoms. The van der Waals surface area contributed by atoms with Crippen molar-refractivity contribution in [2.75, 3.05) is 33.9 Å². The van der Waals surface area contributed by atoms with E-state index in [2.05, 4.69) is 0 Å². The number of likely N-dealkylation sites (N-methyl/N-ethyl adjacent to an activating group) is 1. The van der Waals surface area contributed by atoms with E-state index < -0.39 is 5.97 Å². The van der Waals surface area contributed by atoms with Crippen LogP contribution in [0.2, 0.25) is 0 Å². The zero-order valence-corrected chi connectivity index (χ0v) is 7.49. The molecule has 0 unspecified atom stereocenters. The molecule has 0 atom stereocenters. The third-order valence-electron chi connectivity index (χ3n) is 1.35. The van der Waals surface area contributed by atoms with Gasteiger partial charge in [0.2, 0.25) is 0 Å². The van der Waals surface area contributed by atoms with Crippen LogP contribution in [0.15, 0.2) is 12.2 Å². The lowest BCUT2D eigenvalue weighted by Crippen LogP contribution is -2.22. The van der Waals surface area contributed by atoms with Gasteiger partial charge in [0.1, 0.15) is 0 Å². The first-order valence-corrected chi connectivity index (χ1v) is 3.73. The molecule has 1 N–H and O–H groups in total. The van der Waals surface area contributed by atoms with Crippen LogP contribution < -0.4 is 0 Å². The molecule has 0 fully saturated rings. The Bertz CT molecular complexity index is 156. The van der Waals surface area contributed by atoms with Crippen LogP contribution in [-0.4, -0.2) is 49.8 Å². The molecule has 4 heteroatoms. The second-order valence-corrected chi connectivity index (χ2v) is 2.50. The van der Waals surface area contributed by atoms with E-state index in [1.165, 1.54) is 0 Å². The minimum Gasteiger partial charge on any atom is -0.478 e. The van der Waals surface area contributed by atoms with E-state index in [9.17, 15) is 4.79 Å². The van der Waals surface area contributed by atoms with E-state index in [0.717, 1.165) is 12.6 Å². The molecule has 0 bridgehead atoms. The summed E-state index contributed by atoms with van der Waals surface area (Å²) in [5.41, 5.74) is 0. The standard InChI is InChI=1S/C8H15NO3/c1-9(6-7-12-2)5-3-4-8(10)11/h3-4H,5-7H2,1-2H3,(H,10,11). The van der Waals surface area contributed by atoms with Gasteiger partial charge in [-0.15, -0.1) is 0 Å². The van der Waals surface area contributed by atoms with Crippen LogP contribution in [0.25, 0.3) is 0 Å². The van der Waals surface area contributed by atoms with E-state index in [1.54, 1.807) is 13.2 Å². The van der Waals surface area contributed by atoms with Gasteiger partial charge in [-0.05, 0) is 7.05 Å². The molecule has 4 nitrogen and oxygen atoms in total. The summed E-state index contributed by atoms with van der Waals surface area (Å²) < 4.78 is 4.86. The Balaban J connectivity index is 3.42. The molecular formula is C8H15NO3. The number of aliphatic carboxylic acids is 1. The van der Waals surface area contributed by atoms with Crippen molar-refractivity contribution >= 4 is 5.97 Å². The number of carboxylic acids is 1. The van der Waals surface area contributed by atoms with Gasteiger partial charge < -0.3 is 14.7 Å². The van der Waals surface area contributed by atoms with Crippen LogP contribution in [0.1, 0.15) is 0 Å².